The molecule has 3 nitrogen and oxygen atoms in total. The van der Waals surface area contributed by atoms with Gasteiger partial charge in [-0.2, -0.15) is 0 Å². The lowest BCUT2D eigenvalue weighted by molar-refractivity contribution is 0.172. The van der Waals surface area contributed by atoms with Gasteiger partial charge in [0, 0.05) is 25.7 Å². The number of benzene rings is 1. The van der Waals surface area contributed by atoms with Crippen molar-refractivity contribution in [2.75, 3.05) is 26.7 Å². The third kappa shape index (κ3) is 2.36. The Morgan fingerprint density at radius 1 is 1.44 bits per heavy atom. The number of hydrogen-bond acceptors (Lipinski definition) is 3. The Labute approximate surface area is 97.1 Å². The summed E-state index contributed by atoms with van der Waals surface area (Å²) in [5, 5.41) is 13.0. The molecule has 2 N–H and O–H groups in total. The quantitative estimate of drug-likeness (QED) is 0.805. The summed E-state index contributed by atoms with van der Waals surface area (Å²) in [6.07, 6.45) is 0. The summed E-state index contributed by atoms with van der Waals surface area (Å²) in [4.78, 5) is 2.37. The summed E-state index contributed by atoms with van der Waals surface area (Å²) in [5.41, 5.74) is 1.04. The zero-order valence-electron chi connectivity index (χ0n) is 9.98. The molecule has 1 heterocycles. The zero-order chi connectivity index (χ0) is 11.5. The van der Waals surface area contributed by atoms with Gasteiger partial charge in [0.15, 0.2) is 0 Å². The monoisotopic (exact) mass is 220 g/mol. The predicted molar refractivity (Wildman–Crippen MR) is 65.8 cm³/mol. The Hall–Kier alpha value is -1.06. The van der Waals surface area contributed by atoms with Crippen LogP contribution in [0, 0.1) is 0 Å². The first-order valence-electron chi connectivity index (χ1n) is 5.87. The van der Waals surface area contributed by atoms with Crippen LogP contribution in [-0.2, 0) is 0 Å². The molecule has 2 rings (SSSR count). The minimum absolute atomic E-state index is 0.367. The van der Waals surface area contributed by atoms with E-state index in [1.807, 2.05) is 18.2 Å². The number of para-hydroxylation sites is 1. The van der Waals surface area contributed by atoms with Crippen LogP contribution in [0.1, 0.15) is 18.4 Å². The van der Waals surface area contributed by atoms with Gasteiger partial charge in [-0.15, -0.1) is 0 Å². The lowest BCUT2D eigenvalue weighted by atomic mass is 9.98. The Morgan fingerprint density at radius 3 is 2.69 bits per heavy atom. The van der Waals surface area contributed by atoms with Crippen LogP contribution < -0.4 is 5.32 Å². The highest BCUT2D eigenvalue weighted by atomic mass is 16.3. The highest BCUT2D eigenvalue weighted by Gasteiger charge is 2.23. The van der Waals surface area contributed by atoms with Crippen molar-refractivity contribution >= 4 is 0 Å². The SMILES string of the molecule is CC(CN(C)C1CNC1)c1ccccc1O. The van der Waals surface area contributed by atoms with Gasteiger partial charge in [-0.1, -0.05) is 25.1 Å². The third-order valence-corrected chi connectivity index (χ3v) is 3.41. The standard InChI is InChI=1S/C13H20N2O/c1-10(9-15(2)11-7-14-8-11)12-5-3-4-6-13(12)16/h3-6,10-11,14,16H,7-9H2,1-2H3. The fraction of sp³-hybridized carbons (Fsp3) is 0.538. The number of rotatable bonds is 4. The summed E-state index contributed by atoms with van der Waals surface area (Å²) < 4.78 is 0. The van der Waals surface area contributed by atoms with Crippen molar-refractivity contribution < 1.29 is 5.11 Å². The fourth-order valence-electron chi connectivity index (χ4n) is 2.17. The molecule has 1 aromatic rings. The molecule has 0 aromatic heterocycles. The van der Waals surface area contributed by atoms with Crippen molar-refractivity contribution in [3.8, 4) is 5.75 Å². The first kappa shape index (κ1) is 11.4. The maximum Gasteiger partial charge on any atom is 0.119 e. The molecule has 1 aliphatic rings. The summed E-state index contributed by atoms with van der Waals surface area (Å²) >= 11 is 0. The number of likely N-dealkylation sites (N-methyl/N-ethyl adjacent to an activating group) is 1. The number of nitrogens with one attached hydrogen (secondary N) is 1. The molecule has 0 amide bonds. The van der Waals surface area contributed by atoms with Crippen LogP contribution in [0.5, 0.6) is 5.75 Å². The highest BCUT2D eigenvalue weighted by molar-refractivity contribution is 5.34. The van der Waals surface area contributed by atoms with Gasteiger partial charge < -0.3 is 15.3 Å². The fourth-order valence-corrected chi connectivity index (χ4v) is 2.17. The van der Waals surface area contributed by atoms with Gasteiger partial charge in [-0.05, 0) is 24.6 Å². The summed E-state index contributed by atoms with van der Waals surface area (Å²) in [7, 11) is 2.15. The van der Waals surface area contributed by atoms with Crippen molar-refractivity contribution in [2.24, 2.45) is 0 Å². The van der Waals surface area contributed by atoms with Crippen LogP contribution in [0.4, 0.5) is 0 Å². The zero-order valence-corrected chi connectivity index (χ0v) is 9.98. The molecule has 3 heteroatoms. The molecular weight excluding hydrogens is 200 g/mol. The smallest absolute Gasteiger partial charge is 0.119 e. The molecule has 1 aromatic carbocycles. The van der Waals surface area contributed by atoms with Crippen molar-refractivity contribution in [2.45, 2.75) is 18.9 Å². The van der Waals surface area contributed by atoms with Crippen molar-refractivity contribution in [1.82, 2.24) is 10.2 Å². The van der Waals surface area contributed by atoms with Gasteiger partial charge >= 0.3 is 0 Å². The molecule has 1 unspecified atom stereocenters. The minimum atomic E-state index is 0.367. The molecule has 1 atom stereocenters. The van der Waals surface area contributed by atoms with Gasteiger partial charge in [0.2, 0.25) is 0 Å². The number of phenolic OH excluding ortho intramolecular Hbond substituents is 1. The van der Waals surface area contributed by atoms with Crippen LogP contribution in [0.3, 0.4) is 0 Å². The molecule has 1 saturated heterocycles. The Morgan fingerprint density at radius 2 is 2.12 bits per heavy atom. The van der Waals surface area contributed by atoms with Gasteiger partial charge in [-0.3, -0.25) is 0 Å². The maximum atomic E-state index is 9.77. The average Bonchev–Trinajstić information content (AvgIpc) is 2.15. The van der Waals surface area contributed by atoms with E-state index in [1.54, 1.807) is 6.07 Å². The molecular formula is C13H20N2O. The summed E-state index contributed by atoms with van der Waals surface area (Å²) in [6, 6.07) is 8.28. The van der Waals surface area contributed by atoms with Crippen molar-refractivity contribution in [3.05, 3.63) is 29.8 Å². The lowest BCUT2D eigenvalue weighted by Crippen LogP contribution is -2.56. The van der Waals surface area contributed by atoms with E-state index in [-0.39, 0.29) is 0 Å². The van der Waals surface area contributed by atoms with Crippen LogP contribution >= 0.6 is 0 Å². The first-order valence-corrected chi connectivity index (χ1v) is 5.87. The Bertz CT molecular complexity index is 350. The Balaban J connectivity index is 1.96. The van der Waals surface area contributed by atoms with Crippen LogP contribution in [0.15, 0.2) is 24.3 Å². The average molecular weight is 220 g/mol. The van der Waals surface area contributed by atoms with Gasteiger partial charge in [-0.25, -0.2) is 0 Å². The van der Waals surface area contributed by atoms with Crippen LogP contribution in [-0.4, -0.2) is 42.7 Å². The predicted octanol–water partition coefficient (Wildman–Crippen LogP) is 1.40. The molecule has 0 saturated carbocycles. The largest absolute Gasteiger partial charge is 0.508 e. The molecule has 88 valence electrons. The second-order valence-corrected chi connectivity index (χ2v) is 4.71. The highest BCUT2D eigenvalue weighted by Crippen LogP contribution is 2.26. The normalized spacial score (nSPS) is 18.4. The minimum Gasteiger partial charge on any atom is -0.508 e. The number of hydrogen-bond donors (Lipinski definition) is 2. The molecule has 0 spiro atoms. The van der Waals surface area contributed by atoms with E-state index in [0.29, 0.717) is 17.7 Å². The molecule has 1 aliphatic heterocycles. The second kappa shape index (κ2) is 4.85. The number of nitrogens with zero attached hydrogens (tertiary/aromatic N) is 1. The molecule has 1 fully saturated rings. The van der Waals surface area contributed by atoms with Crippen molar-refractivity contribution in [3.63, 3.8) is 0 Å². The van der Waals surface area contributed by atoms with Gasteiger partial charge in [0.25, 0.3) is 0 Å². The molecule has 0 aliphatic carbocycles. The van der Waals surface area contributed by atoms with E-state index in [4.69, 9.17) is 0 Å². The van der Waals surface area contributed by atoms with Crippen molar-refractivity contribution in [1.29, 1.82) is 0 Å². The van der Waals surface area contributed by atoms with E-state index < -0.39 is 0 Å². The molecule has 0 radical (unpaired) electrons. The number of phenols is 1. The number of aromatic hydroxyl groups is 1. The van der Waals surface area contributed by atoms with E-state index in [1.165, 1.54) is 0 Å². The third-order valence-electron chi connectivity index (χ3n) is 3.41. The van der Waals surface area contributed by atoms with E-state index in [9.17, 15) is 5.11 Å². The van der Waals surface area contributed by atoms with E-state index in [2.05, 4.69) is 24.2 Å². The summed E-state index contributed by atoms with van der Waals surface area (Å²) in [5.74, 6) is 0.780. The van der Waals surface area contributed by atoms with E-state index >= 15 is 0 Å². The first-order chi connectivity index (χ1) is 7.68. The van der Waals surface area contributed by atoms with E-state index in [0.717, 1.165) is 25.2 Å². The Kier molecular flexibility index (Phi) is 3.46. The topological polar surface area (TPSA) is 35.5 Å². The van der Waals surface area contributed by atoms with Gasteiger partial charge in [0.05, 0.1) is 0 Å². The summed E-state index contributed by atoms with van der Waals surface area (Å²) in [6.45, 7) is 5.33. The second-order valence-electron chi connectivity index (χ2n) is 4.71. The van der Waals surface area contributed by atoms with Gasteiger partial charge in [0.1, 0.15) is 5.75 Å². The molecule has 0 bridgehead atoms. The van der Waals surface area contributed by atoms with Crippen LogP contribution in [0.25, 0.3) is 0 Å². The lowest BCUT2D eigenvalue weighted by Gasteiger charge is -2.37. The maximum absolute atomic E-state index is 9.77. The molecule has 16 heavy (non-hydrogen) atoms. The van der Waals surface area contributed by atoms with Crippen LogP contribution in [0.2, 0.25) is 0 Å².